The number of primary amides is 2. The maximum Gasteiger partial charge on any atom is 0.330 e. The van der Waals surface area contributed by atoms with Gasteiger partial charge in [0.25, 0.3) is 0 Å². The standard InChI is InChI=1S/C4H8N8O.C4H7N7O/c5-1-8-2(6)10-4(9-1)12-11-3(7)13;5-1-8-2(6)10-4(9-1)11-3(7)12/h(H3,7,11,13)(H5,5,6,8,9,10,12);(H7,5,6,7,8,9,10,11,12). The summed E-state index contributed by atoms with van der Waals surface area (Å²) in [5, 5.41) is 2.10. The second kappa shape index (κ2) is 8.26. The molecule has 0 aliphatic rings. The molecular weight excluding hydrogens is 338 g/mol. The van der Waals surface area contributed by atoms with Gasteiger partial charge >= 0.3 is 12.1 Å². The molecule has 0 bridgehead atoms. The van der Waals surface area contributed by atoms with Gasteiger partial charge in [0.2, 0.25) is 35.7 Å². The van der Waals surface area contributed by atoms with E-state index in [1.165, 1.54) is 0 Å². The van der Waals surface area contributed by atoms with Gasteiger partial charge in [0.1, 0.15) is 0 Å². The highest BCUT2D eigenvalue weighted by molar-refractivity contribution is 5.85. The molecule has 2 aromatic heterocycles. The van der Waals surface area contributed by atoms with Gasteiger partial charge in [-0.2, -0.15) is 29.9 Å². The number of nitrogens with one attached hydrogen (secondary N) is 3. The summed E-state index contributed by atoms with van der Waals surface area (Å²) in [5.41, 5.74) is 34.8. The summed E-state index contributed by atoms with van der Waals surface area (Å²) in [4.78, 5) is 41.8. The van der Waals surface area contributed by atoms with Crippen LogP contribution in [0.2, 0.25) is 0 Å². The average Bonchev–Trinajstić information content (AvgIpc) is 2.43. The van der Waals surface area contributed by atoms with E-state index < -0.39 is 12.1 Å². The smallest absolute Gasteiger partial charge is 0.330 e. The molecule has 4 amide bonds. The van der Waals surface area contributed by atoms with Gasteiger partial charge in [-0.3, -0.25) is 10.7 Å². The molecule has 17 heteroatoms. The third-order valence-electron chi connectivity index (χ3n) is 1.87. The van der Waals surface area contributed by atoms with Crippen molar-refractivity contribution in [3.05, 3.63) is 0 Å². The Labute approximate surface area is 139 Å². The Bertz CT molecular complexity index is 723. The zero-order valence-corrected chi connectivity index (χ0v) is 12.5. The van der Waals surface area contributed by atoms with Gasteiger partial charge in [0, 0.05) is 0 Å². The number of hydrogen-bond donors (Lipinski definition) is 9. The van der Waals surface area contributed by atoms with Crippen molar-refractivity contribution < 1.29 is 9.59 Å². The van der Waals surface area contributed by atoms with Crippen molar-refractivity contribution in [2.75, 3.05) is 33.7 Å². The van der Waals surface area contributed by atoms with Crippen molar-refractivity contribution in [1.29, 1.82) is 0 Å². The highest BCUT2D eigenvalue weighted by Crippen LogP contribution is 2.02. The lowest BCUT2D eigenvalue weighted by Crippen LogP contribution is -2.35. The molecule has 0 radical (unpaired) electrons. The van der Waals surface area contributed by atoms with Crippen LogP contribution in [0.5, 0.6) is 0 Å². The lowest BCUT2D eigenvalue weighted by atomic mass is 10.8. The Morgan fingerprint density at radius 2 is 1.04 bits per heavy atom. The lowest BCUT2D eigenvalue weighted by Gasteiger charge is -2.04. The summed E-state index contributed by atoms with van der Waals surface area (Å²) in [6.07, 6.45) is 0. The molecule has 134 valence electrons. The van der Waals surface area contributed by atoms with Gasteiger partial charge in [0.15, 0.2) is 0 Å². The molecule has 15 N–H and O–H groups in total. The first kappa shape index (κ1) is 18.6. The molecule has 0 saturated heterocycles. The molecule has 0 aliphatic carbocycles. The minimum absolute atomic E-state index is 0.0174. The van der Waals surface area contributed by atoms with E-state index in [-0.39, 0.29) is 35.7 Å². The van der Waals surface area contributed by atoms with E-state index in [4.69, 9.17) is 34.4 Å². The van der Waals surface area contributed by atoms with E-state index in [0.717, 1.165) is 0 Å². The lowest BCUT2D eigenvalue weighted by molar-refractivity contribution is 0.250. The number of hydrogen-bond acceptors (Lipinski definition) is 13. The molecule has 0 saturated carbocycles. The number of nitrogens with two attached hydrogens (primary N) is 6. The van der Waals surface area contributed by atoms with Crippen LogP contribution in [-0.4, -0.2) is 42.0 Å². The number of urea groups is 2. The molecule has 0 unspecified atom stereocenters. The Morgan fingerprint density at radius 3 is 1.40 bits per heavy atom. The first-order chi connectivity index (χ1) is 11.7. The molecule has 2 aromatic rings. The molecule has 2 rings (SSSR count). The summed E-state index contributed by atoms with van der Waals surface area (Å²) in [5.74, 6) is -0.309. The molecule has 0 aromatic carbocycles. The van der Waals surface area contributed by atoms with Crippen LogP contribution in [0.15, 0.2) is 0 Å². The minimum atomic E-state index is -0.792. The van der Waals surface area contributed by atoms with Gasteiger partial charge in [-0.25, -0.2) is 15.0 Å². The highest BCUT2D eigenvalue weighted by atomic mass is 16.2. The molecule has 2 heterocycles. The van der Waals surface area contributed by atoms with Crippen molar-refractivity contribution in [3.8, 4) is 0 Å². The molecular formula is C8H15N15O2. The molecule has 0 spiro atoms. The van der Waals surface area contributed by atoms with Crippen molar-refractivity contribution in [2.45, 2.75) is 0 Å². The highest BCUT2D eigenvalue weighted by Gasteiger charge is 2.02. The number of anilines is 6. The quantitative estimate of drug-likeness (QED) is 0.243. The SMILES string of the molecule is NC(=O)NNc1nc(N)nc(N)n1.NC(=O)Nc1nc(N)nc(N)n1. The first-order valence-corrected chi connectivity index (χ1v) is 6.07. The van der Waals surface area contributed by atoms with Crippen LogP contribution in [0, 0.1) is 0 Å². The first-order valence-electron chi connectivity index (χ1n) is 6.07. The number of carbonyl (C=O) groups excluding carboxylic acids is 2. The number of nitrogens with zero attached hydrogens (tertiary/aromatic N) is 6. The summed E-state index contributed by atoms with van der Waals surface area (Å²) in [6, 6.07) is -1.57. The molecule has 0 aliphatic heterocycles. The minimum Gasteiger partial charge on any atom is -0.368 e. The second-order valence-electron chi connectivity index (χ2n) is 3.85. The van der Waals surface area contributed by atoms with E-state index in [2.05, 4.69) is 40.6 Å². The van der Waals surface area contributed by atoms with Crippen molar-refractivity contribution in [1.82, 2.24) is 35.3 Å². The number of nitrogen functional groups attached to an aromatic ring is 4. The third-order valence-corrected chi connectivity index (χ3v) is 1.87. The van der Waals surface area contributed by atoms with E-state index >= 15 is 0 Å². The number of amides is 4. The Balaban J connectivity index is 0.000000251. The zero-order valence-electron chi connectivity index (χ0n) is 12.5. The maximum atomic E-state index is 10.3. The second-order valence-corrected chi connectivity index (χ2v) is 3.85. The van der Waals surface area contributed by atoms with Crippen LogP contribution < -0.4 is 50.6 Å². The summed E-state index contributed by atoms with van der Waals surface area (Å²) < 4.78 is 0. The van der Waals surface area contributed by atoms with Gasteiger partial charge in [-0.15, -0.1) is 0 Å². The third kappa shape index (κ3) is 7.39. The zero-order chi connectivity index (χ0) is 19.0. The number of hydrazine groups is 1. The fraction of sp³-hybridized carbons (Fsp3) is 0. The van der Waals surface area contributed by atoms with Gasteiger partial charge in [0.05, 0.1) is 0 Å². The van der Waals surface area contributed by atoms with Crippen molar-refractivity contribution in [3.63, 3.8) is 0 Å². The van der Waals surface area contributed by atoms with Crippen LogP contribution in [0.4, 0.5) is 45.3 Å². The van der Waals surface area contributed by atoms with Crippen LogP contribution in [0.25, 0.3) is 0 Å². The molecule has 0 fully saturated rings. The van der Waals surface area contributed by atoms with E-state index in [9.17, 15) is 9.59 Å². The Kier molecular flexibility index (Phi) is 6.15. The van der Waals surface area contributed by atoms with Crippen LogP contribution >= 0.6 is 0 Å². The average molecular weight is 353 g/mol. The fourth-order valence-electron chi connectivity index (χ4n) is 1.16. The van der Waals surface area contributed by atoms with E-state index in [0.29, 0.717) is 0 Å². The Morgan fingerprint density at radius 1 is 0.640 bits per heavy atom. The normalized spacial score (nSPS) is 9.28. The predicted octanol–water partition coefficient (Wildman–Crippen LogP) is -3.44. The monoisotopic (exact) mass is 353 g/mol. The van der Waals surface area contributed by atoms with Gasteiger partial charge < -0.3 is 34.4 Å². The van der Waals surface area contributed by atoms with Gasteiger partial charge in [-0.1, -0.05) is 0 Å². The van der Waals surface area contributed by atoms with Crippen LogP contribution in [0.1, 0.15) is 0 Å². The molecule has 0 atom stereocenters. The fourth-order valence-corrected chi connectivity index (χ4v) is 1.16. The number of rotatable bonds is 3. The predicted molar refractivity (Wildman–Crippen MR) is 86.9 cm³/mol. The number of carbonyl (C=O) groups is 2. The van der Waals surface area contributed by atoms with Gasteiger partial charge in [-0.05, 0) is 0 Å². The summed E-state index contributed by atoms with van der Waals surface area (Å²) in [6.45, 7) is 0. The topological polar surface area (TPSA) is 304 Å². The molecule has 17 nitrogen and oxygen atoms in total. The summed E-state index contributed by atoms with van der Waals surface area (Å²) in [7, 11) is 0. The number of aromatic nitrogens is 6. The Hall–Kier alpha value is -4.44. The van der Waals surface area contributed by atoms with Crippen LogP contribution in [-0.2, 0) is 0 Å². The summed E-state index contributed by atoms with van der Waals surface area (Å²) >= 11 is 0. The van der Waals surface area contributed by atoms with E-state index in [1.54, 1.807) is 0 Å². The largest absolute Gasteiger partial charge is 0.368 e. The van der Waals surface area contributed by atoms with Crippen molar-refractivity contribution >= 4 is 47.8 Å². The van der Waals surface area contributed by atoms with Crippen molar-refractivity contribution in [2.24, 2.45) is 11.5 Å². The maximum absolute atomic E-state index is 10.3. The van der Waals surface area contributed by atoms with Crippen LogP contribution in [0.3, 0.4) is 0 Å². The van der Waals surface area contributed by atoms with E-state index in [1.807, 2.05) is 5.43 Å². The molecule has 25 heavy (non-hydrogen) atoms.